The van der Waals surface area contributed by atoms with Crippen molar-refractivity contribution in [1.82, 2.24) is 9.97 Å². The summed E-state index contributed by atoms with van der Waals surface area (Å²) in [7, 11) is 0. The maximum Gasteiger partial charge on any atom is 0.338 e. The zero-order chi connectivity index (χ0) is 24.2. The Kier molecular flexibility index (Phi) is 6.26. The zero-order valence-corrected chi connectivity index (χ0v) is 18.8. The van der Waals surface area contributed by atoms with E-state index in [0.717, 1.165) is 6.42 Å². The van der Waals surface area contributed by atoms with Crippen molar-refractivity contribution in [3.8, 4) is 11.5 Å². The van der Waals surface area contributed by atoms with Crippen LogP contribution in [0.1, 0.15) is 38.5 Å². The van der Waals surface area contributed by atoms with Crippen LogP contribution in [0, 0.1) is 0 Å². The van der Waals surface area contributed by atoms with Crippen molar-refractivity contribution < 1.29 is 23.8 Å². The molecule has 0 radical (unpaired) electrons. The minimum atomic E-state index is -0.633. The molecule has 0 saturated heterocycles. The highest BCUT2D eigenvalue weighted by atomic mass is 16.5. The first-order valence-electron chi connectivity index (χ1n) is 11.2. The molecule has 0 atom stereocenters. The van der Waals surface area contributed by atoms with Crippen LogP contribution >= 0.6 is 0 Å². The number of benzene rings is 3. The van der Waals surface area contributed by atoms with Crippen molar-refractivity contribution in [3.63, 3.8) is 0 Å². The predicted molar refractivity (Wildman–Crippen MR) is 128 cm³/mol. The second kappa shape index (κ2) is 9.80. The van der Waals surface area contributed by atoms with Gasteiger partial charge >= 0.3 is 5.97 Å². The molecule has 1 N–H and O–H groups in total. The molecule has 1 aromatic heterocycles. The van der Waals surface area contributed by atoms with Gasteiger partial charge in [0.2, 0.25) is 0 Å². The Morgan fingerprint density at radius 3 is 2.60 bits per heavy atom. The van der Waals surface area contributed by atoms with Crippen molar-refractivity contribution >= 4 is 22.7 Å². The summed E-state index contributed by atoms with van der Waals surface area (Å²) in [4.78, 5) is 45.2. The Morgan fingerprint density at radius 1 is 0.943 bits per heavy atom. The van der Waals surface area contributed by atoms with Crippen LogP contribution in [0.2, 0.25) is 0 Å². The van der Waals surface area contributed by atoms with E-state index >= 15 is 0 Å². The van der Waals surface area contributed by atoms with E-state index in [4.69, 9.17) is 14.2 Å². The van der Waals surface area contributed by atoms with Gasteiger partial charge in [-0.2, -0.15) is 0 Å². The van der Waals surface area contributed by atoms with Crippen LogP contribution in [-0.2, 0) is 11.2 Å². The quantitative estimate of drug-likeness (QED) is 0.338. The molecule has 0 spiro atoms. The molecule has 0 aliphatic carbocycles. The fourth-order valence-electron chi connectivity index (χ4n) is 3.90. The molecule has 2 heterocycles. The SMILES string of the molecule is O=C(COC(=O)c1ccccc1Cc1nc2ccccc2c(=O)[nH]1)c1ccc2c(c1)OCCCO2. The fraction of sp³-hybridized carbons (Fsp3) is 0.185. The van der Waals surface area contributed by atoms with Gasteiger partial charge in [0.15, 0.2) is 23.9 Å². The van der Waals surface area contributed by atoms with Gasteiger partial charge in [0.05, 0.1) is 29.7 Å². The van der Waals surface area contributed by atoms with E-state index in [0.29, 0.717) is 58.1 Å². The third-order valence-electron chi connectivity index (χ3n) is 5.66. The lowest BCUT2D eigenvalue weighted by molar-refractivity contribution is 0.0473. The van der Waals surface area contributed by atoms with E-state index in [9.17, 15) is 14.4 Å². The maximum absolute atomic E-state index is 12.8. The Hall–Kier alpha value is -4.46. The minimum absolute atomic E-state index is 0.224. The van der Waals surface area contributed by atoms with Crippen LogP contribution in [0.25, 0.3) is 10.9 Å². The first-order chi connectivity index (χ1) is 17.1. The number of nitrogens with zero attached hydrogens (tertiary/aromatic N) is 1. The monoisotopic (exact) mass is 470 g/mol. The standard InChI is InChI=1S/C27H22N2O6/c30-22(18-10-11-23-24(14-18)34-13-5-12-33-23)16-35-27(32)19-7-2-1-6-17(19)15-25-28-21-9-4-3-8-20(21)26(31)29-25/h1-4,6-11,14H,5,12-13,15-16H2,(H,28,29,31). The molecular formula is C27H22N2O6. The summed E-state index contributed by atoms with van der Waals surface area (Å²) in [5.74, 6) is 0.530. The number of ether oxygens (including phenoxy) is 3. The first kappa shape index (κ1) is 22.3. The number of carbonyl (C=O) groups excluding carboxylic acids is 2. The Labute approximate surface area is 200 Å². The van der Waals surface area contributed by atoms with Gasteiger partial charge in [-0.05, 0) is 42.0 Å². The number of Topliss-reactive ketones (excluding diaryl/α,β-unsaturated/α-hetero) is 1. The first-order valence-corrected chi connectivity index (χ1v) is 11.2. The largest absolute Gasteiger partial charge is 0.490 e. The summed E-state index contributed by atoms with van der Waals surface area (Å²) in [6.07, 6.45) is 0.985. The number of hydrogen-bond acceptors (Lipinski definition) is 7. The van der Waals surface area contributed by atoms with Crippen molar-refractivity contribution in [2.75, 3.05) is 19.8 Å². The molecule has 3 aromatic carbocycles. The van der Waals surface area contributed by atoms with Crippen LogP contribution in [0.3, 0.4) is 0 Å². The molecule has 8 nitrogen and oxygen atoms in total. The number of aromatic nitrogens is 2. The summed E-state index contributed by atoms with van der Waals surface area (Å²) >= 11 is 0. The van der Waals surface area contributed by atoms with Crippen molar-refractivity contribution in [2.24, 2.45) is 0 Å². The molecule has 8 heteroatoms. The van der Waals surface area contributed by atoms with Crippen LogP contribution in [0.15, 0.2) is 71.5 Å². The van der Waals surface area contributed by atoms with Gasteiger partial charge in [0.1, 0.15) is 5.82 Å². The second-order valence-corrected chi connectivity index (χ2v) is 8.07. The second-order valence-electron chi connectivity index (χ2n) is 8.07. The number of nitrogens with one attached hydrogen (secondary N) is 1. The molecule has 0 fully saturated rings. The van der Waals surface area contributed by atoms with Gasteiger partial charge in [-0.3, -0.25) is 9.59 Å². The number of ketones is 1. The minimum Gasteiger partial charge on any atom is -0.490 e. The van der Waals surface area contributed by atoms with E-state index in [1.54, 1.807) is 60.7 Å². The van der Waals surface area contributed by atoms with Gasteiger partial charge in [0.25, 0.3) is 5.56 Å². The summed E-state index contributed by atoms with van der Waals surface area (Å²) < 4.78 is 16.5. The highest BCUT2D eigenvalue weighted by Gasteiger charge is 2.18. The van der Waals surface area contributed by atoms with E-state index < -0.39 is 12.6 Å². The van der Waals surface area contributed by atoms with E-state index in [1.807, 2.05) is 6.07 Å². The highest BCUT2D eigenvalue weighted by Crippen LogP contribution is 2.30. The molecule has 5 rings (SSSR count). The third kappa shape index (κ3) is 4.91. The molecule has 0 bridgehead atoms. The summed E-state index contributed by atoms with van der Waals surface area (Å²) in [5.41, 5.74) is 1.63. The molecule has 4 aromatic rings. The molecule has 35 heavy (non-hydrogen) atoms. The van der Waals surface area contributed by atoms with Crippen molar-refractivity contribution in [3.05, 3.63) is 99.6 Å². The Morgan fingerprint density at radius 2 is 1.71 bits per heavy atom. The van der Waals surface area contributed by atoms with E-state index in [2.05, 4.69) is 9.97 Å². The number of rotatable bonds is 6. The van der Waals surface area contributed by atoms with Gasteiger partial charge in [-0.15, -0.1) is 0 Å². The highest BCUT2D eigenvalue weighted by molar-refractivity contribution is 6.00. The summed E-state index contributed by atoms with van der Waals surface area (Å²) in [6.45, 7) is 0.644. The van der Waals surface area contributed by atoms with E-state index in [1.165, 1.54) is 0 Å². The summed E-state index contributed by atoms with van der Waals surface area (Å²) in [5, 5.41) is 0.497. The Balaban J connectivity index is 1.30. The molecule has 1 aliphatic rings. The van der Waals surface area contributed by atoms with Gasteiger partial charge in [-0.1, -0.05) is 30.3 Å². The molecule has 0 saturated carbocycles. The topological polar surface area (TPSA) is 108 Å². The average molecular weight is 470 g/mol. The van der Waals surface area contributed by atoms with Gasteiger partial charge < -0.3 is 19.2 Å². The third-order valence-corrected chi connectivity index (χ3v) is 5.66. The summed E-state index contributed by atoms with van der Waals surface area (Å²) in [6, 6.07) is 18.8. The number of para-hydroxylation sites is 1. The van der Waals surface area contributed by atoms with Crippen molar-refractivity contribution in [2.45, 2.75) is 12.8 Å². The zero-order valence-electron chi connectivity index (χ0n) is 18.8. The van der Waals surface area contributed by atoms with Crippen LogP contribution in [-0.4, -0.2) is 41.5 Å². The van der Waals surface area contributed by atoms with Gasteiger partial charge in [-0.25, -0.2) is 9.78 Å². The molecule has 176 valence electrons. The lowest BCUT2D eigenvalue weighted by Gasteiger charge is -2.11. The smallest absolute Gasteiger partial charge is 0.338 e. The van der Waals surface area contributed by atoms with Crippen LogP contribution in [0.4, 0.5) is 0 Å². The lowest BCUT2D eigenvalue weighted by atomic mass is 10.0. The average Bonchev–Trinajstić information content (AvgIpc) is 3.12. The number of aromatic amines is 1. The maximum atomic E-state index is 12.8. The fourth-order valence-corrected chi connectivity index (χ4v) is 3.90. The van der Waals surface area contributed by atoms with E-state index in [-0.39, 0.29) is 17.8 Å². The van der Waals surface area contributed by atoms with Gasteiger partial charge in [0, 0.05) is 18.4 Å². The number of esters is 1. The number of hydrogen-bond donors (Lipinski definition) is 1. The molecule has 0 amide bonds. The Bertz CT molecular complexity index is 1480. The van der Waals surface area contributed by atoms with Crippen molar-refractivity contribution in [1.29, 1.82) is 0 Å². The molecular weight excluding hydrogens is 448 g/mol. The number of H-pyrrole nitrogens is 1. The molecule has 1 aliphatic heterocycles. The normalized spacial score (nSPS) is 12.7. The number of carbonyl (C=O) groups is 2. The van der Waals surface area contributed by atoms with Crippen LogP contribution in [0.5, 0.6) is 11.5 Å². The number of fused-ring (bicyclic) bond motifs is 2. The molecule has 0 unspecified atom stereocenters. The lowest BCUT2D eigenvalue weighted by Crippen LogP contribution is -2.17. The van der Waals surface area contributed by atoms with Crippen LogP contribution < -0.4 is 15.0 Å². The predicted octanol–water partition coefficient (Wildman–Crippen LogP) is 3.71.